The van der Waals surface area contributed by atoms with Gasteiger partial charge in [-0.05, 0) is 30.5 Å². The van der Waals surface area contributed by atoms with Crippen LogP contribution in [0, 0.1) is 5.92 Å². The van der Waals surface area contributed by atoms with Gasteiger partial charge in [0.05, 0.1) is 0 Å². The zero-order valence-electron chi connectivity index (χ0n) is 14.3. The second-order valence-corrected chi connectivity index (χ2v) is 5.92. The number of nitrogens with zero attached hydrogens (tertiary/aromatic N) is 1. The third-order valence-electron chi connectivity index (χ3n) is 3.29. The Morgan fingerprint density at radius 1 is 1.19 bits per heavy atom. The fraction of sp³-hybridized carbons (Fsp3) is 0.333. The van der Waals surface area contributed by atoms with Crippen molar-refractivity contribution in [3.8, 4) is 17.4 Å². The Balaban J connectivity index is 2.10. The molecule has 2 aromatic rings. The molecule has 140 valence electrons. The van der Waals surface area contributed by atoms with Gasteiger partial charge in [-0.3, -0.25) is 4.79 Å². The zero-order chi connectivity index (χ0) is 19.2. The molecule has 26 heavy (non-hydrogen) atoms. The van der Waals surface area contributed by atoms with Crippen LogP contribution in [-0.4, -0.2) is 23.8 Å². The molecule has 5 nitrogen and oxygen atoms in total. The predicted octanol–water partition coefficient (Wildman–Crippen LogP) is 4.55. The van der Waals surface area contributed by atoms with E-state index in [0.29, 0.717) is 18.0 Å². The highest BCUT2D eigenvalue weighted by molar-refractivity contribution is 5.94. The highest BCUT2D eigenvalue weighted by Crippen LogP contribution is 2.34. The summed E-state index contributed by atoms with van der Waals surface area (Å²) in [4.78, 5) is 16.0. The van der Waals surface area contributed by atoms with Gasteiger partial charge in [0, 0.05) is 24.4 Å². The van der Waals surface area contributed by atoms with Crippen LogP contribution in [0.5, 0.6) is 17.4 Å². The quantitative estimate of drug-likeness (QED) is 0.779. The third kappa shape index (κ3) is 6.27. The molecule has 8 heteroatoms. The number of rotatable bonds is 7. The summed E-state index contributed by atoms with van der Waals surface area (Å²) in [6, 6.07) is 8.19. The predicted molar refractivity (Wildman–Crippen MR) is 89.2 cm³/mol. The van der Waals surface area contributed by atoms with E-state index in [1.54, 1.807) is 0 Å². The number of aromatic nitrogens is 1. The number of ether oxygens (including phenoxy) is 2. The van der Waals surface area contributed by atoms with Gasteiger partial charge in [-0.2, -0.15) is 0 Å². The molecule has 1 aromatic heterocycles. The van der Waals surface area contributed by atoms with Crippen molar-refractivity contribution in [3.63, 3.8) is 0 Å². The SMILES string of the molecule is CC(C)CCNC(=O)c1ccnc(Oc2ccccc2OC(F)(F)F)c1. The van der Waals surface area contributed by atoms with Crippen molar-refractivity contribution in [2.75, 3.05) is 6.54 Å². The molecule has 1 N–H and O–H groups in total. The summed E-state index contributed by atoms with van der Waals surface area (Å²) in [5, 5.41) is 2.77. The number of para-hydroxylation sites is 2. The molecule has 2 rings (SSSR count). The van der Waals surface area contributed by atoms with Gasteiger partial charge < -0.3 is 14.8 Å². The fourth-order valence-corrected chi connectivity index (χ4v) is 2.04. The van der Waals surface area contributed by atoms with E-state index in [4.69, 9.17) is 4.74 Å². The Morgan fingerprint density at radius 3 is 2.54 bits per heavy atom. The normalized spacial score (nSPS) is 11.3. The van der Waals surface area contributed by atoms with E-state index in [0.717, 1.165) is 12.5 Å². The van der Waals surface area contributed by atoms with E-state index in [9.17, 15) is 18.0 Å². The van der Waals surface area contributed by atoms with Crippen LogP contribution in [0.25, 0.3) is 0 Å². The van der Waals surface area contributed by atoms with Crippen LogP contribution in [0.4, 0.5) is 13.2 Å². The van der Waals surface area contributed by atoms with Crippen molar-refractivity contribution in [3.05, 3.63) is 48.2 Å². The van der Waals surface area contributed by atoms with Crippen LogP contribution in [0.15, 0.2) is 42.6 Å². The van der Waals surface area contributed by atoms with Crippen molar-refractivity contribution in [2.24, 2.45) is 5.92 Å². The molecular weight excluding hydrogens is 349 g/mol. The van der Waals surface area contributed by atoms with Crippen LogP contribution in [0.1, 0.15) is 30.6 Å². The number of halogens is 3. The van der Waals surface area contributed by atoms with Crippen molar-refractivity contribution >= 4 is 5.91 Å². The summed E-state index contributed by atoms with van der Waals surface area (Å²) in [6.07, 6.45) is -2.66. The standard InChI is InChI=1S/C18H19F3N2O3/c1-12(2)7-9-23-17(24)13-8-10-22-16(11-13)25-14-5-3-4-6-15(14)26-18(19,20)21/h3-6,8,10-12H,7,9H2,1-2H3,(H,23,24). The highest BCUT2D eigenvalue weighted by atomic mass is 19.4. The van der Waals surface area contributed by atoms with Gasteiger partial charge >= 0.3 is 6.36 Å². The Hall–Kier alpha value is -2.77. The number of hydrogen-bond acceptors (Lipinski definition) is 4. The maximum absolute atomic E-state index is 12.5. The fourth-order valence-electron chi connectivity index (χ4n) is 2.04. The maximum atomic E-state index is 12.5. The monoisotopic (exact) mass is 368 g/mol. The minimum atomic E-state index is -4.84. The number of hydrogen-bond donors (Lipinski definition) is 1. The molecule has 0 aliphatic heterocycles. The Morgan fingerprint density at radius 2 is 1.88 bits per heavy atom. The second-order valence-electron chi connectivity index (χ2n) is 5.92. The van der Waals surface area contributed by atoms with Crippen LogP contribution in [0.3, 0.4) is 0 Å². The van der Waals surface area contributed by atoms with Crippen LogP contribution >= 0.6 is 0 Å². The molecule has 0 saturated carbocycles. The molecule has 0 atom stereocenters. The Bertz CT molecular complexity index is 748. The first-order valence-electron chi connectivity index (χ1n) is 8.01. The number of nitrogens with one attached hydrogen (secondary N) is 1. The van der Waals surface area contributed by atoms with Gasteiger partial charge in [-0.1, -0.05) is 26.0 Å². The van der Waals surface area contributed by atoms with Crippen LogP contribution < -0.4 is 14.8 Å². The summed E-state index contributed by atoms with van der Waals surface area (Å²) in [5.74, 6) is -0.516. The number of carbonyl (C=O) groups excluding carboxylic acids is 1. The molecule has 0 saturated heterocycles. The van der Waals surface area contributed by atoms with E-state index in [1.165, 1.54) is 36.5 Å². The molecule has 1 aromatic carbocycles. The van der Waals surface area contributed by atoms with Gasteiger partial charge in [0.2, 0.25) is 5.88 Å². The summed E-state index contributed by atoms with van der Waals surface area (Å²) >= 11 is 0. The summed E-state index contributed by atoms with van der Waals surface area (Å²) in [6.45, 7) is 4.62. The molecule has 1 heterocycles. The minimum Gasteiger partial charge on any atom is -0.435 e. The lowest BCUT2D eigenvalue weighted by molar-refractivity contribution is -0.275. The molecular formula is C18H19F3N2O3. The third-order valence-corrected chi connectivity index (χ3v) is 3.29. The largest absolute Gasteiger partial charge is 0.573 e. The average molecular weight is 368 g/mol. The van der Waals surface area contributed by atoms with Gasteiger partial charge in [0.25, 0.3) is 5.91 Å². The van der Waals surface area contributed by atoms with Gasteiger partial charge in [0.15, 0.2) is 11.5 Å². The average Bonchev–Trinajstić information content (AvgIpc) is 2.55. The summed E-state index contributed by atoms with van der Waals surface area (Å²) in [5.41, 5.74) is 0.299. The molecule has 0 unspecified atom stereocenters. The minimum absolute atomic E-state index is 0.0141. The first kappa shape index (κ1) is 19.6. The molecule has 0 fully saturated rings. The number of benzene rings is 1. The molecule has 0 aliphatic carbocycles. The molecule has 1 amide bonds. The van der Waals surface area contributed by atoms with Crippen LogP contribution in [-0.2, 0) is 0 Å². The van der Waals surface area contributed by atoms with Crippen molar-refractivity contribution < 1.29 is 27.4 Å². The van der Waals surface area contributed by atoms with E-state index in [1.807, 2.05) is 13.8 Å². The summed E-state index contributed by atoms with van der Waals surface area (Å²) < 4.78 is 46.7. The first-order chi connectivity index (χ1) is 12.2. The molecule has 0 radical (unpaired) electrons. The second kappa shape index (κ2) is 8.55. The smallest absolute Gasteiger partial charge is 0.435 e. The zero-order valence-corrected chi connectivity index (χ0v) is 14.3. The van der Waals surface area contributed by atoms with Crippen molar-refractivity contribution in [1.29, 1.82) is 0 Å². The van der Waals surface area contributed by atoms with E-state index < -0.39 is 12.1 Å². The van der Waals surface area contributed by atoms with Gasteiger partial charge in [-0.25, -0.2) is 4.98 Å². The topological polar surface area (TPSA) is 60.5 Å². The molecule has 0 spiro atoms. The van der Waals surface area contributed by atoms with E-state index >= 15 is 0 Å². The van der Waals surface area contributed by atoms with Crippen molar-refractivity contribution in [1.82, 2.24) is 10.3 Å². The first-order valence-corrected chi connectivity index (χ1v) is 8.01. The van der Waals surface area contributed by atoms with Gasteiger partial charge in [0.1, 0.15) is 0 Å². The van der Waals surface area contributed by atoms with Crippen molar-refractivity contribution in [2.45, 2.75) is 26.6 Å². The van der Waals surface area contributed by atoms with E-state index in [-0.39, 0.29) is 17.5 Å². The highest BCUT2D eigenvalue weighted by Gasteiger charge is 2.32. The van der Waals surface area contributed by atoms with E-state index in [2.05, 4.69) is 15.0 Å². The lowest BCUT2D eigenvalue weighted by atomic mass is 10.1. The van der Waals surface area contributed by atoms with Gasteiger partial charge in [-0.15, -0.1) is 13.2 Å². The Labute approximate surface area is 149 Å². The summed E-state index contributed by atoms with van der Waals surface area (Å²) in [7, 11) is 0. The van der Waals surface area contributed by atoms with Crippen LogP contribution in [0.2, 0.25) is 0 Å². The number of pyridine rings is 1. The lowest BCUT2D eigenvalue weighted by Crippen LogP contribution is -2.25. The Kier molecular flexibility index (Phi) is 6.43. The lowest BCUT2D eigenvalue weighted by Gasteiger charge is -2.13. The number of alkyl halides is 3. The molecule has 0 aliphatic rings. The maximum Gasteiger partial charge on any atom is 0.573 e. The molecule has 0 bridgehead atoms. The number of carbonyl (C=O) groups is 1. The number of amides is 1.